The van der Waals surface area contributed by atoms with Crippen LogP contribution in [0.25, 0.3) is 0 Å². The Kier molecular flexibility index (Phi) is 2.71. The standard InChI is InChI=1S/C14H18BrNO/c1-9-4-5-14(7-9)8-12(16)11-6-10(15)2-3-13(11)17-14/h2-3,6,9,12H,4-5,7-8,16H2,1H3. The molecule has 2 nitrogen and oxygen atoms in total. The maximum absolute atomic E-state index is 6.31. The summed E-state index contributed by atoms with van der Waals surface area (Å²) >= 11 is 3.49. The third kappa shape index (κ3) is 2.00. The third-order valence-corrected chi connectivity index (χ3v) is 4.60. The molecule has 1 heterocycles. The molecule has 0 bridgehead atoms. The summed E-state index contributed by atoms with van der Waals surface area (Å²) in [6.45, 7) is 2.31. The Morgan fingerprint density at radius 3 is 2.94 bits per heavy atom. The van der Waals surface area contributed by atoms with Gasteiger partial charge < -0.3 is 10.5 Å². The molecule has 2 N–H and O–H groups in total. The molecule has 17 heavy (non-hydrogen) atoms. The maximum atomic E-state index is 6.31. The van der Waals surface area contributed by atoms with E-state index in [2.05, 4.69) is 28.9 Å². The van der Waals surface area contributed by atoms with Crippen LogP contribution in [0.1, 0.15) is 44.2 Å². The first kappa shape index (κ1) is 11.5. The number of hydrogen-bond donors (Lipinski definition) is 1. The highest BCUT2D eigenvalue weighted by molar-refractivity contribution is 9.10. The number of ether oxygens (including phenoxy) is 1. The number of fused-ring (bicyclic) bond motifs is 1. The number of rotatable bonds is 0. The van der Waals surface area contributed by atoms with Crippen molar-refractivity contribution in [2.75, 3.05) is 0 Å². The average molecular weight is 296 g/mol. The van der Waals surface area contributed by atoms with Crippen LogP contribution in [0.4, 0.5) is 0 Å². The molecule has 1 aromatic rings. The van der Waals surface area contributed by atoms with Gasteiger partial charge in [-0.05, 0) is 43.4 Å². The zero-order valence-corrected chi connectivity index (χ0v) is 11.7. The van der Waals surface area contributed by atoms with Crippen LogP contribution >= 0.6 is 15.9 Å². The number of hydrogen-bond acceptors (Lipinski definition) is 2. The second-order valence-corrected chi connectivity index (χ2v) is 6.54. The predicted octanol–water partition coefficient (Wildman–Crippen LogP) is 3.79. The lowest BCUT2D eigenvalue weighted by atomic mass is 9.86. The lowest BCUT2D eigenvalue weighted by Gasteiger charge is -2.39. The van der Waals surface area contributed by atoms with E-state index in [1.54, 1.807) is 0 Å². The molecule has 3 rings (SSSR count). The lowest BCUT2D eigenvalue weighted by Crippen LogP contribution is -2.40. The lowest BCUT2D eigenvalue weighted by molar-refractivity contribution is 0.0393. The summed E-state index contributed by atoms with van der Waals surface area (Å²) < 4.78 is 7.35. The van der Waals surface area contributed by atoms with Gasteiger partial charge in [-0.15, -0.1) is 0 Å². The SMILES string of the molecule is CC1CCC2(C1)CC(N)c1cc(Br)ccc1O2. The summed E-state index contributed by atoms with van der Waals surface area (Å²) in [7, 11) is 0. The average Bonchev–Trinajstić information content (AvgIpc) is 2.61. The highest BCUT2D eigenvalue weighted by Crippen LogP contribution is 2.48. The van der Waals surface area contributed by atoms with E-state index in [0.29, 0.717) is 0 Å². The number of halogens is 1. The largest absolute Gasteiger partial charge is 0.487 e. The molecule has 1 saturated carbocycles. The van der Waals surface area contributed by atoms with E-state index in [-0.39, 0.29) is 11.6 Å². The van der Waals surface area contributed by atoms with Gasteiger partial charge in [0.15, 0.2) is 0 Å². The van der Waals surface area contributed by atoms with Crippen molar-refractivity contribution in [3.05, 3.63) is 28.2 Å². The molecule has 1 aromatic carbocycles. The second-order valence-electron chi connectivity index (χ2n) is 5.63. The highest BCUT2D eigenvalue weighted by atomic mass is 79.9. The predicted molar refractivity (Wildman–Crippen MR) is 72.1 cm³/mol. The van der Waals surface area contributed by atoms with Gasteiger partial charge in [-0.1, -0.05) is 22.9 Å². The van der Waals surface area contributed by atoms with Gasteiger partial charge in [-0.2, -0.15) is 0 Å². The minimum absolute atomic E-state index is 0.0136. The Labute approximate surface area is 111 Å². The van der Waals surface area contributed by atoms with E-state index in [1.807, 2.05) is 12.1 Å². The van der Waals surface area contributed by atoms with Gasteiger partial charge >= 0.3 is 0 Å². The molecule has 0 radical (unpaired) electrons. The van der Waals surface area contributed by atoms with Crippen LogP contribution < -0.4 is 10.5 Å². The quantitative estimate of drug-likeness (QED) is 0.790. The first-order valence-corrected chi connectivity index (χ1v) is 7.11. The van der Waals surface area contributed by atoms with E-state index in [9.17, 15) is 0 Å². The molecule has 0 amide bonds. The zero-order valence-electron chi connectivity index (χ0n) is 10.1. The highest BCUT2D eigenvalue weighted by Gasteiger charge is 2.44. The van der Waals surface area contributed by atoms with E-state index in [0.717, 1.165) is 41.0 Å². The Morgan fingerprint density at radius 1 is 1.41 bits per heavy atom. The van der Waals surface area contributed by atoms with Gasteiger partial charge in [0, 0.05) is 22.5 Å². The molecule has 92 valence electrons. The van der Waals surface area contributed by atoms with Crippen LogP contribution in [0.15, 0.2) is 22.7 Å². The van der Waals surface area contributed by atoms with Crippen LogP contribution in [0, 0.1) is 5.92 Å². The molecule has 3 unspecified atom stereocenters. The summed E-state index contributed by atoms with van der Waals surface area (Å²) in [6.07, 6.45) is 4.52. The molecule has 0 saturated heterocycles. The molecule has 2 aliphatic rings. The Hall–Kier alpha value is -0.540. The Morgan fingerprint density at radius 2 is 2.24 bits per heavy atom. The van der Waals surface area contributed by atoms with E-state index >= 15 is 0 Å². The molecule has 3 heteroatoms. The van der Waals surface area contributed by atoms with Crippen LogP contribution in [0.2, 0.25) is 0 Å². The second kappa shape index (κ2) is 3.99. The van der Waals surface area contributed by atoms with Crippen molar-refractivity contribution >= 4 is 15.9 Å². The van der Waals surface area contributed by atoms with Gasteiger partial charge in [0.05, 0.1) is 0 Å². The molecule has 1 aliphatic heterocycles. The van der Waals surface area contributed by atoms with Gasteiger partial charge in [0.1, 0.15) is 11.4 Å². The fourth-order valence-corrected chi connectivity index (χ4v) is 3.69. The Balaban J connectivity index is 1.96. The molecule has 0 aromatic heterocycles. The molecule has 1 fully saturated rings. The number of benzene rings is 1. The minimum Gasteiger partial charge on any atom is -0.487 e. The molecule has 3 atom stereocenters. The first-order valence-electron chi connectivity index (χ1n) is 6.32. The molecular formula is C14H18BrNO. The zero-order chi connectivity index (χ0) is 12.0. The van der Waals surface area contributed by atoms with Crippen molar-refractivity contribution in [3.63, 3.8) is 0 Å². The monoisotopic (exact) mass is 295 g/mol. The van der Waals surface area contributed by atoms with Gasteiger partial charge in [-0.3, -0.25) is 0 Å². The fraction of sp³-hybridized carbons (Fsp3) is 0.571. The van der Waals surface area contributed by atoms with Crippen LogP contribution in [-0.4, -0.2) is 5.60 Å². The van der Waals surface area contributed by atoms with Crippen LogP contribution in [-0.2, 0) is 0 Å². The summed E-state index contributed by atoms with van der Waals surface area (Å²) in [5.74, 6) is 1.75. The van der Waals surface area contributed by atoms with Crippen molar-refractivity contribution in [1.82, 2.24) is 0 Å². The van der Waals surface area contributed by atoms with Crippen molar-refractivity contribution in [1.29, 1.82) is 0 Å². The van der Waals surface area contributed by atoms with Crippen molar-refractivity contribution in [3.8, 4) is 5.75 Å². The summed E-state index contributed by atoms with van der Waals surface area (Å²) in [4.78, 5) is 0. The third-order valence-electron chi connectivity index (χ3n) is 4.10. The topological polar surface area (TPSA) is 35.2 Å². The first-order chi connectivity index (χ1) is 8.08. The molecule has 1 aliphatic carbocycles. The normalized spacial score (nSPS) is 35.7. The van der Waals surface area contributed by atoms with E-state index < -0.39 is 0 Å². The molecular weight excluding hydrogens is 278 g/mol. The fourth-order valence-electron chi connectivity index (χ4n) is 3.31. The van der Waals surface area contributed by atoms with Crippen molar-refractivity contribution < 1.29 is 4.74 Å². The Bertz CT molecular complexity index is 448. The van der Waals surface area contributed by atoms with Crippen LogP contribution in [0.5, 0.6) is 5.75 Å². The van der Waals surface area contributed by atoms with Crippen molar-refractivity contribution in [2.45, 2.75) is 44.2 Å². The molecule has 1 spiro atoms. The van der Waals surface area contributed by atoms with Gasteiger partial charge in [0.2, 0.25) is 0 Å². The van der Waals surface area contributed by atoms with Crippen LogP contribution in [0.3, 0.4) is 0 Å². The van der Waals surface area contributed by atoms with E-state index in [4.69, 9.17) is 10.5 Å². The minimum atomic E-state index is 0.0136. The summed E-state index contributed by atoms with van der Waals surface area (Å²) in [5.41, 5.74) is 7.47. The van der Waals surface area contributed by atoms with Gasteiger partial charge in [0.25, 0.3) is 0 Å². The summed E-state index contributed by atoms with van der Waals surface area (Å²) in [6, 6.07) is 6.28. The smallest absolute Gasteiger partial charge is 0.124 e. The van der Waals surface area contributed by atoms with E-state index in [1.165, 1.54) is 6.42 Å². The number of nitrogens with two attached hydrogens (primary N) is 1. The van der Waals surface area contributed by atoms with Gasteiger partial charge in [-0.25, -0.2) is 0 Å². The summed E-state index contributed by atoms with van der Waals surface area (Å²) in [5, 5.41) is 0. The van der Waals surface area contributed by atoms with Crippen molar-refractivity contribution in [2.24, 2.45) is 11.7 Å². The maximum Gasteiger partial charge on any atom is 0.124 e.